The number of carbonyl (C=O) groups is 1. The zero-order valence-electron chi connectivity index (χ0n) is 11.2. The number of aromatic nitrogens is 1. The third-order valence-corrected chi connectivity index (χ3v) is 3.63. The van der Waals surface area contributed by atoms with Crippen molar-refractivity contribution in [3.8, 4) is 0 Å². The molecule has 1 aliphatic rings. The molecule has 5 heteroatoms. The van der Waals surface area contributed by atoms with Crippen LogP contribution in [0.15, 0.2) is 22.6 Å². The third kappa shape index (κ3) is 2.82. The SMILES string of the molecule is O=C(O)c1ccc2oc(CCC3CCCCO3)nc2c1. The number of ether oxygens (including phenoxy) is 1. The topological polar surface area (TPSA) is 72.6 Å². The maximum absolute atomic E-state index is 10.9. The summed E-state index contributed by atoms with van der Waals surface area (Å²) in [6.07, 6.45) is 5.40. The van der Waals surface area contributed by atoms with Crippen LogP contribution in [0.1, 0.15) is 41.9 Å². The highest BCUT2D eigenvalue weighted by molar-refractivity contribution is 5.91. The van der Waals surface area contributed by atoms with E-state index in [9.17, 15) is 4.79 Å². The zero-order chi connectivity index (χ0) is 13.9. The Balaban J connectivity index is 1.70. The van der Waals surface area contributed by atoms with Crippen LogP contribution in [-0.4, -0.2) is 28.8 Å². The van der Waals surface area contributed by atoms with Crippen LogP contribution in [0.4, 0.5) is 0 Å². The third-order valence-electron chi connectivity index (χ3n) is 3.63. The van der Waals surface area contributed by atoms with Gasteiger partial charge in [0.1, 0.15) is 5.52 Å². The summed E-state index contributed by atoms with van der Waals surface area (Å²) in [5.41, 5.74) is 1.46. The van der Waals surface area contributed by atoms with Gasteiger partial charge in [0.2, 0.25) is 0 Å². The second kappa shape index (κ2) is 5.63. The summed E-state index contributed by atoms with van der Waals surface area (Å²) in [6.45, 7) is 0.847. The number of benzene rings is 1. The van der Waals surface area contributed by atoms with Gasteiger partial charge in [-0.1, -0.05) is 0 Å². The van der Waals surface area contributed by atoms with Crippen molar-refractivity contribution in [2.75, 3.05) is 6.61 Å². The number of carboxylic acids is 1. The van der Waals surface area contributed by atoms with Crippen LogP contribution in [0.2, 0.25) is 0 Å². The van der Waals surface area contributed by atoms with E-state index in [1.807, 2.05) is 0 Å². The molecule has 1 aromatic heterocycles. The van der Waals surface area contributed by atoms with Crippen LogP contribution in [0.3, 0.4) is 0 Å². The largest absolute Gasteiger partial charge is 0.478 e. The molecule has 1 aliphatic heterocycles. The van der Waals surface area contributed by atoms with Gasteiger partial charge in [-0.25, -0.2) is 9.78 Å². The Kier molecular flexibility index (Phi) is 3.69. The standard InChI is InChI=1S/C15H17NO4/c17-15(18)10-4-6-13-12(9-10)16-14(20-13)7-5-11-3-1-2-8-19-11/h4,6,9,11H,1-3,5,7-8H2,(H,17,18). The number of oxazole rings is 1. The number of fused-ring (bicyclic) bond motifs is 1. The molecule has 1 aromatic carbocycles. The predicted molar refractivity (Wildman–Crippen MR) is 72.9 cm³/mol. The van der Waals surface area contributed by atoms with Gasteiger partial charge in [0.25, 0.3) is 0 Å². The summed E-state index contributed by atoms with van der Waals surface area (Å²) >= 11 is 0. The van der Waals surface area contributed by atoms with Gasteiger partial charge >= 0.3 is 5.97 Å². The number of aromatic carboxylic acids is 1. The maximum atomic E-state index is 10.9. The lowest BCUT2D eigenvalue weighted by atomic mass is 10.0. The van der Waals surface area contributed by atoms with Gasteiger partial charge in [0, 0.05) is 13.0 Å². The first-order valence-electron chi connectivity index (χ1n) is 6.97. The molecule has 1 N–H and O–H groups in total. The van der Waals surface area contributed by atoms with Crippen LogP contribution < -0.4 is 0 Å². The summed E-state index contributed by atoms with van der Waals surface area (Å²) in [7, 11) is 0. The number of hydrogen-bond donors (Lipinski definition) is 1. The van der Waals surface area contributed by atoms with Crippen molar-refractivity contribution < 1.29 is 19.1 Å². The smallest absolute Gasteiger partial charge is 0.335 e. The molecule has 0 radical (unpaired) electrons. The van der Waals surface area contributed by atoms with E-state index in [0.717, 1.165) is 32.3 Å². The van der Waals surface area contributed by atoms with Gasteiger partial charge in [-0.2, -0.15) is 0 Å². The van der Waals surface area contributed by atoms with E-state index >= 15 is 0 Å². The molecule has 1 saturated heterocycles. The van der Waals surface area contributed by atoms with Crippen molar-refractivity contribution in [1.29, 1.82) is 0 Å². The average molecular weight is 275 g/mol. The Morgan fingerprint density at radius 3 is 3.05 bits per heavy atom. The average Bonchev–Trinajstić information content (AvgIpc) is 2.88. The first-order chi connectivity index (χ1) is 9.72. The Morgan fingerprint density at radius 2 is 2.30 bits per heavy atom. The van der Waals surface area contributed by atoms with E-state index in [-0.39, 0.29) is 5.56 Å². The van der Waals surface area contributed by atoms with Crippen LogP contribution in [0.25, 0.3) is 11.1 Å². The lowest BCUT2D eigenvalue weighted by molar-refractivity contribution is 0.0106. The fraction of sp³-hybridized carbons (Fsp3) is 0.467. The number of carboxylic acid groups (broad SMARTS) is 1. The molecule has 20 heavy (non-hydrogen) atoms. The molecule has 1 unspecified atom stereocenters. The molecule has 0 amide bonds. The fourth-order valence-corrected chi connectivity index (χ4v) is 2.53. The number of rotatable bonds is 4. The molecule has 1 fully saturated rings. The molecule has 5 nitrogen and oxygen atoms in total. The number of nitrogens with zero attached hydrogens (tertiary/aromatic N) is 1. The minimum Gasteiger partial charge on any atom is -0.478 e. The lowest BCUT2D eigenvalue weighted by Gasteiger charge is -2.21. The molecule has 1 atom stereocenters. The highest BCUT2D eigenvalue weighted by atomic mass is 16.5. The molecule has 106 valence electrons. The second-order valence-corrected chi connectivity index (χ2v) is 5.12. The minimum absolute atomic E-state index is 0.230. The quantitative estimate of drug-likeness (QED) is 0.928. The summed E-state index contributed by atoms with van der Waals surface area (Å²) in [6, 6.07) is 4.73. The summed E-state index contributed by atoms with van der Waals surface area (Å²) < 4.78 is 11.3. The second-order valence-electron chi connectivity index (χ2n) is 5.12. The van der Waals surface area contributed by atoms with E-state index in [1.54, 1.807) is 12.1 Å². The van der Waals surface area contributed by atoms with Crippen molar-refractivity contribution in [3.63, 3.8) is 0 Å². The van der Waals surface area contributed by atoms with Crippen LogP contribution in [-0.2, 0) is 11.2 Å². The van der Waals surface area contributed by atoms with Gasteiger partial charge in [-0.3, -0.25) is 0 Å². The van der Waals surface area contributed by atoms with Gasteiger partial charge in [-0.15, -0.1) is 0 Å². The highest BCUT2D eigenvalue weighted by Gasteiger charge is 2.16. The van der Waals surface area contributed by atoms with Crippen molar-refractivity contribution in [3.05, 3.63) is 29.7 Å². The molecule has 2 heterocycles. The minimum atomic E-state index is -0.952. The monoisotopic (exact) mass is 275 g/mol. The van der Waals surface area contributed by atoms with E-state index in [2.05, 4.69) is 4.98 Å². The summed E-state index contributed by atoms with van der Waals surface area (Å²) in [4.78, 5) is 15.3. The molecule has 2 aromatic rings. The van der Waals surface area contributed by atoms with E-state index < -0.39 is 5.97 Å². The van der Waals surface area contributed by atoms with E-state index in [0.29, 0.717) is 23.1 Å². The number of hydrogen-bond acceptors (Lipinski definition) is 4. The lowest BCUT2D eigenvalue weighted by Crippen LogP contribution is -2.19. The van der Waals surface area contributed by atoms with Crippen molar-refractivity contribution >= 4 is 17.1 Å². The zero-order valence-corrected chi connectivity index (χ0v) is 11.2. The van der Waals surface area contributed by atoms with Crippen LogP contribution in [0.5, 0.6) is 0 Å². The normalized spacial score (nSPS) is 19.3. The Labute approximate surface area is 116 Å². The van der Waals surface area contributed by atoms with Gasteiger partial charge < -0.3 is 14.3 Å². The van der Waals surface area contributed by atoms with Gasteiger partial charge in [0.15, 0.2) is 11.5 Å². The first kappa shape index (κ1) is 13.1. The molecule has 0 saturated carbocycles. The maximum Gasteiger partial charge on any atom is 0.335 e. The van der Waals surface area contributed by atoms with E-state index in [1.165, 1.54) is 12.5 Å². The van der Waals surface area contributed by atoms with Crippen molar-refractivity contribution in [1.82, 2.24) is 4.98 Å². The van der Waals surface area contributed by atoms with Crippen LogP contribution >= 0.6 is 0 Å². The first-order valence-corrected chi connectivity index (χ1v) is 6.97. The van der Waals surface area contributed by atoms with Gasteiger partial charge in [0.05, 0.1) is 11.7 Å². The summed E-state index contributed by atoms with van der Waals surface area (Å²) in [5.74, 6) is -0.302. The molecule has 3 rings (SSSR count). The Hall–Kier alpha value is -1.88. The molecular formula is C15H17NO4. The predicted octanol–water partition coefficient (Wildman–Crippen LogP) is 3.03. The van der Waals surface area contributed by atoms with Crippen molar-refractivity contribution in [2.24, 2.45) is 0 Å². The summed E-state index contributed by atoms with van der Waals surface area (Å²) in [5, 5.41) is 8.95. The van der Waals surface area contributed by atoms with Crippen molar-refractivity contribution in [2.45, 2.75) is 38.2 Å². The molecule has 0 bridgehead atoms. The highest BCUT2D eigenvalue weighted by Crippen LogP contribution is 2.21. The molecule has 0 aliphatic carbocycles. The molecule has 0 spiro atoms. The molecular weight excluding hydrogens is 258 g/mol. The Bertz CT molecular complexity index is 613. The fourth-order valence-electron chi connectivity index (χ4n) is 2.53. The van der Waals surface area contributed by atoms with Gasteiger partial charge in [-0.05, 0) is 43.9 Å². The Morgan fingerprint density at radius 1 is 1.40 bits per heavy atom. The van der Waals surface area contributed by atoms with Crippen LogP contribution in [0, 0.1) is 0 Å². The van der Waals surface area contributed by atoms with E-state index in [4.69, 9.17) is 14.3 Å². The number of aryl methyl sites for hydroxylation is 1.